The van der Waals surface area contributed by atoms with Gasteiger partial charge in [-0.25, -0.2) is 0 Å². The highest BCUT2D eigenvalue weighted by atomic mass is 15.1. The second kappa shape index (κ2) is 14.8. The van der Waals surface area contributed by atoms with Crippen molar-refractivity contribution in [3.05, 3.63) is 161 Å². The summed E-state index contributed by atoms with van der Waals surface area (Å²) in [4.78, 5) is 2.42. The first-order valence-corrected chi connectivity index (χ1v) is 18.4. The third-order valence-electron chi connectivity index (χ3n) is 11.1. The Morgan fingerprint density at radius 1 is 0.714 bits per heavy atom. The van der Waals surface area contributed by atoms with Crippen LogP contribution in [0.3, 0.4) is 0 Å². The number of hydrogen-bond acceptors (Lipinski definition) is 3. The molecule has 2 aliphatic rings. The SMILES string of the molecule is CCN(c1ccc(C(c2ccc(Nc3ccccc3C)cc2)C2CC=C(NC3CCCC[C@H]3C)c3ccccc32)cc1)c1ccccc1C. The van der Waals surface area contributed by atoms with Crippen molar-refractivity contribution in [3.8, 4) is 0 Å². The Balaban J connectivity index is 1.25. The van der Waals surface area contributed by atoms with Gasteiger partial charge in [0.2, 0.25) is 0 Å². The van der Waals surface area contributed by atoms with Gasteiger partial charge in [0.05, 0.1) is 0 Å². The summed E-state index contributed by atoms with van der Waals surface area (Å²) in [5, 5.41) is 7.68. The standard InChI is InChI=1S/C46H51N3/c1-5-49(45-21-13-8-16-34(45)4)38-28-24-36(25-29-38)46(35-22-26-37(27-23-35)47-42-19-11-6-14-32(42)2)41-30-31-44(40-18-10-9-17-39(40)41)48-43-20-12-7-15-33(43)3/h6,8-11,13-14,16-19,21-29,31,33,41,43,46-48H,5,7,12,15,20,30H2,1-4H3/t33-,41?,43?,46?/m1/s1. The molecule has 1 fully saturated rings. The summed E-state index contributed by atoms with van der Waals surface area (Å²) in [6.45, 7) is 9.93. The Hall–Kier alpha value is -4.76. The summed E-state index contributed by atoms with van der Waals surface area (Å²) in [6, 6.07) is 45.5. The van der Waals surface area contributed by atoms with Crippen molar-refractivity contribution in [1.29, 1.82) is 0 Å². The van der Waals surface area contributed by atoms with Crippen molar-refractivity contribution in [3.63, 3.8) is 0 Å². The molecular formula is C46H51N3. The van der Waals surface area contributed by atoms with E-state index in [4.69, 9.17) is 0 Å². The zero-order valence-corrected chi connectivity index (χ0v) is 29.6. The Morgan fingerprint density at radius 3 is 2.08 bits per heavy atom. The van der Waals surface area contributed by atoms with Gasteiger partial charge in [-0.1, -0.05) is 111 Å². The lowest BCUT2D eigenvalue weighted by Crippen LogP contribution is -2.37. The van der Waals surface area contributed by atoms with Gasteiger partial charge in [-0.15, -0.1) is 0 Å². The lowest BCUT2D eigenvalue weighted by atomic mass is 9.72. The van der Waals surface area contributed by atoms with Crippen molar-refractivity contribution >= 4 is 28.4 Å². The van der Waals surface area contributed by atoms with Gasteiger partial charge in [0.15, 0.2) is 0 Å². The van der Waals surface area contributed by atoms with E-state index >= 15 is 0 Å². The van der Waals surface area contributed by atoms with Crippen LogP contribution in [0.15, 0.2) is 127 Å². The number of hydrogen-bond donors (Lipinski definition) is 2. The normalized spacial score (nSPS) is 19.3. The van der Waals surface area contributed by atoms with E-state index in [0.717, 1.165) is 24.3 Å². The molecule has 0 radical (unpaired) electrons. The number of nitrogens with one attached hydrogen (secondary N) is 2. The molecule has 4 atom stereocenters. The smallest absolute Gasteiger partial charge is 0.0440 e. The van der Waals surface area contributed by atoms with E-state index in [1.165, 1.54) is 76.1 Å². The number of fused-ring (bicyclic) bond motifs is 1. The molecule has 0 aliphatic heterocycles. The molecule has 0 heterocycles. The molecule has 0 aromatic heterocycles. The highest BCUT2D eigenvalue weighted by molar-refractivity contribution is 5.71. The van der Waals surface area contributed by atoms with Crippen molar-refractivity contribution < 1.29 is 0 Å². The molecule has 2 aliphatic carbocycles. The number of aryl methyl sites for hydroxylation is 2. The van der Waals surface area contributed by atoms with Gasteiger partial charge in [0.25, 0.3) is 0 Å². The van der Waals surface area contributed by atoms with E-state index in [1.807, 2.05) is 0 Å². The molecule has 7 rings (SSSR count). The minimum atomic E-state index is 0.211. The molecule has 0 saturated heterocycles. The Labute approximate surface area is 294 Å². The predicted octanol–water partition coefficient (Wildman–Crippen LogP) is 12.0. The molecule has 5 aromatic rings. The molecule has 3 heteroatoms. The highest BCUT2D eigenvalue weighted by Gasteiger charge is 2.32. The van der Waals surface area contributed by atoms with E-state index in [0.29, 0.717) is 17.9 Å². The highest BCUT2D eigenvalue weighted by Crippen LogP contribution is 2.47. The van der Waals surface area contributed by atoms with E-state index < -0.39 is 0 Å². The van der Waals surface area contributed by atoms with Crippen molar-refractivity contribution in [1.82, 2.24) is 5.32 Å². The van der Waals surface area contributed by atoms with E-state index in [1.54, 1.807) is 0 Å². The minimum Gasteiger partial charge on any atom is -0.382 e. The molecule has 0 spiro atoms. The number of allylic oxidation sites excluding steroid dienone is 1. The molecule has 3 nitrogen and oxygen atoms in total. The van der Waals surface area contributed by atoms with E-state index in [9.17, 15) is 0 Å². The Morgan fingerprint density at radius 2 is 1.37 bits per heavy atom. The fourth-order valence-electron chi connectivity index (χ4n) is 8.25. The van der Waals surface area contributed by atoms with Crippen LogP contribution in [0.25, 0.3) is 5.70 Å². The predicted molar refractivity (Wildman–Crippen MR) is 209 cm³/mol. The molecule has 0 bridgehead atoms. The molecule has 0 amide bonds. The average molecular weight is 646 g/mol. The Kier molecular flexibility index (Phi) is 9.89. The summed E-state index contributed by atoms with van der Waals surface area (Å²) in [5.74, 6) is 1.24. The summed E-state index contributed by atoms with van der Waals surface area (Å²) in [5.41, 5.74) is 14.1. The van der Waals surface area contributed by atoms with Crippen molar-refractivity contribution in [2.24, 2.45) is 5.92 Å². The number of rotatable bonds is 10. The van der Waals surface area contributed by atoms with Crippen LogP contribution in [0.4, 0.5) is 22.7 Å². The summed E-state index contributed by atoms with van der Waals surface area (Å²) in [7, 11) is 0. The summed E-state index contributed by atoms with van der Waals surface area (Å²) < 4.78 is 0. The third kappa shape index (κ3) is 7.04. The van der Waals surface area contributed by atoms with Crippen LogP contribution in [0.2, 0.25) is 0 Å². The first-order valence-electron chi connectivity index (χ1n) is 18.4. The zero-order valence-electron chi connectivity index (χ0n) is 29.6. The van der Waals surface area contributed by atoms with Crippen molar-refractivity contribution in [2.75, 3.05) is 16.8 Å². The van der Waals surface area contributed by atoms with Crippen LogP contribution < -0.4 is 15.5 Å². The van der Waals surface area contributed by atoms with Crippen LogP contribution in [-0.2, 0) is 0 Å². The maximum atomic E-state index is 4.03. The average Bonchev–Trinajstić information content (AvgIpc) is 3.13. The minimum absolute atomic E-state index is 0.211. The molecule has 5 aromatic carbocycles. The third-order valence-corrected chi connectivity index (χ3v) is 11.1. The first kappa shape index (κ1) is 32.8. The molecule has 49 heavy (non-hydrogen) atoms. The number of anilines is 4. The van der Waals surface area contributed by atoms with Crippen LogP contribution in [0, 0.1) is 19.8 Å². The maximum absolute atomic E-state index is 4.03. The monoisotopic (exact) mass is 645 g/mol. The molecular weight excluding hydrogens is 595 g/mol. The number of benzene rings is 5. The second-order valence-electron chi connectivity index (χ2n) is 14.2. The zero-order chi connectivity index (χ0) is 33.7. The van der Waals surface area contributed by atoms with Crippen molar-refractivity contribution in [2.45, 2.75) is 77.7 Å². The van der Waals surface area contributed by atoms with E-state index in [-0.39, 0.29) is 5.92 Å². The fraction of sp³-hybridized carbons (Fsp3) is 0.304. The molecule has 1 saturated carbocycles. The lowest BCUT2D eigenvalue weighted by molar-refractivity contribution is 0.305. The fourth-order valence-corrected chi connectivity index (χ4v) is 8.25. The van der Waals surface area contributed by atoms with E-state index in [2.05, 4.69) is 171 Å². The maximum Gasteiger partial charge on any atom is 0.0440 e. The molecule has 3 unspecified atom stereocenters. The van der Waals surface area contributed by atoms with Gasteiger partial charge in [-0.05, 0) is 116 Å². The summed E-state index contributed by atoms with van der Waals surface area (Å²) >= 11 is 0. The first-order chi connectivity index (χ1) is 24.0. The van der Waals surface area contributed by atoms with Crippen LogP contribution in [-0.4, -0.2) is 12.6 Å². The topological polar surface area (TPSA) is 27.3 Å². The number of nitrogens with zero attached hydrogens (tertiary/aromatic N) is 1. The lowest BCUT2D eigenvalue weighted by Gasteiger charge is -2.36. The van der Waals surface area contributed by atoms with Gasteiger partial charge < -0.3 is 15.5 Å². The summed E-state index contributed by atoms with van der Waals surface area (Å²) in [6.07, 6.45) is 8.77. The number of para-hydroxylation sites is 2. The van der Waals surface area contributed by atoms with Gasteiger partial charge in [-0.2, -0.15) is 0 Å². The van der Waals surface area contributed by atoms with Crippen LogP contribution in [0.5, 0.6) is 0 Å². The van der Waals surface area contributed by atoms with Crippen LogP contribution >= 0.6 is 0 Å². The molecule has 250 valence electrons. The largest absolute Gasteiger partial charge is 0.382 e. The second-order valence-corrected chi connectivity index (χ2v) is 14.2. The van der Waals surface area contributed by atoms with Gasteiger partial charge in [-0.3, -0.25) is 0 Å². The Bertz CT molecular complexity index is 1890. The van der Waals surface area contributed by atoms with Gasteiger partial charge in [0.1, 0.15) is 0 Å². The molecule has 2 N–H and O–H groups in total. The van der Waals surface area contributed by atoms with Crippen LogP contribution in [0.1, 0.15) is 91.2 Å². The van der Waals surface area contributed by atoms with Gasteiger partial charge in [0, 0.05) is 52.5 Å². The van der Waals surface area contributed by atoms with Gasteiger partial charge >= 0.3 is 0 Å². The quantitative estimate of drug-likeness (QED) is 0.158.